The molecule has 0 amide bonds. The molecule has 1 aliphatic rings. The van der Waals surface area contributed by atoms with E-state index in [2.05, 4.69) is 6.58 Å². The molecular weight excluding hydrogens is 245 g/mol. The monoisotopic (exact) mass is 261 g/mol. The Bertz CT molecular complexity index is 239. The predicted molar refractivity (Wildman–Crippen MR) is 54.7 cm³/mol. The zero-order valence-corrected chi connectivity index (χ0v) is 13.2. The van der Waals surface area contributed by atoms with Crippen LogP contribution in [0.15, 0.2) is 12.1 Å². The van der Waals surface area contributed by atoms with Crippen LogP contribution in [0.25, 0.3) is 0 Å². The second-order valence-electron chi connectivity index (χ2n) is 4.18. The molecule has 0 aliphatic carbocycles. The largest absolute Gasteiger partial charge is 1.00 e. The summed E-state index contributed by atoms with van der Waals surface area (Å²) in [6.45, 7) is 2.89. The number of morpholine rings is 1. The Kier molecular flexibility index (Phi) is 7.42. The van der Waals surface area contributed by atoms with Crippen molar-refractivity contribution < 1.29 is 69.1 Å². The van der Waals surface area contributed by atoms with Crippen molar-refractivity contribution in [2.24, 2.45) is 0 Å². The molecule has 1 aliphatic heterocycles. The molecule has 0 radical (unpaired) electrons. The maximum absolute atomic E-state index is 12.3. The van der Waals surface area contributed by atoms with Crippen LogP contribution in [-0.4, -0.2) is 43.7 Å². The summed E-state index contributed by atoms with van der Waals surface area (Å²) in [5.41, 5.74) is -0.628. The van der Waals surface area contributed by atoms with Gasteiger partial charge in [-0.1, -0.05) is 0 Å². The number of halogens is 3. The Labute approximate surface area is 137 Å². The third kappa shape index (κ3) is 5.66. The van der Waals surface area contributed by atoms with Gasteiger partial charge in [-0.15, -0.1) is 12.1 Å². The average Bonchev–Trinajstić information content (AvgIpc) is 1.99. The van der Waals surface area contributed by atoms with Gasteiger partial charge in [0.25, 0.3) is 0 Å². The van der Waals surface area contributed by atoms with E-state index < -0.39 is 12.4 Å². The van der Waals surface area contributed by atoms with Gasteiger partial charge in [0, 0.05) is 13.1 Å². The summed E-state index contributed by atoms with van der Waals surface area (Å²) in [6.07, 6.45) is -0.0235. The van der Waals surface area contributed by atoms with Crippen molar-refractivity contribution in [2.75, 3.05) is 19.6 Å². The molecule has 0 bridgehead atoms. The standard InChI is InChI=1S/C9H16BF3NO.K/c1-7(10(11,12)13)4-14-5-8(2)15-9(3)6-14;/h8-9H,1,4-6H2,2-3H3;/q-1;+1. The zero-order chi connectivity index (χ0) is 11.6. The van der Waals surface area contributed by atoms with E-state index in [1.54, 1.807) is 4.90 Å². The summed E-state index contributed by atoms with van der Waals surface area (Å²) < 4.78 is 42.3. The summed E-state index contributed by atoms with van der Waals surface area (Å²) in [5, 5.41) is 0. The minimum Gasteiger partial charge on any atom is -0.445 e. The molecule has 1 heterocycles. The van der Waals surface area contributed by atoms with Gasteiger partial charge < -0.3 is 17.7 Å². The van der Waals surface area contributed by atoms with Crippen molar-refractivity contribution >= 4 is 6.98 Å². The van der Waals surface area contributed by atoms with E-state index >= 15 is 0 Å². The molecule has 2 nitrogen and oxygen atoms in total. The van der Waals surface area contributed by atoms with Gasteiger partial charge in [0.2, 0.25) is 0 Å². The molecule has 1 rings (SSSR count). The van der Waals surface area contributed by atoms with Gasteiger partial charge in [0.05, 0.1) is 12.2 Å². The molecule has 2 unspecified atom stereocenters. The molecule has 7 heteroatoms. The van der Waals surface area contributed by atoms with E-state index in [1.807, 2.05) is 13.8 Å². The molecule has 0 N–H and O–H groups in total. The Morgan fingerprint density at radius 2 is 1.75 bits per heavy atom. The molecule has 88 valence electrons. The Balaban J connectivity index is 0.00000225. The zero-order valence-electron chi connectivity index (χ0n) is 10.0. The van der Waals surface area contributed by atoms with Crippen LogP contribution in [-0.2, 0) is 4.74 Å². The molecule has 0 saturated carbocycles. The normalized spacial score (nSPS) is 27.3. The van der Waals surface area contributed by atoms with Crippen LogP contribution in [0, 0.1) is 0 Å². The van der Waals surface area contributed by atoms with Gasteiger partial charge in [-0.2, -0.15) is 0 Å². The maximum Gasteiger partial charge on any atom is 1.00 e. The van der Waals surface area contributed by atoms with E-state index in [4.69, 9.17) is 4.74 Å². The SMILES string of the molecule is C=C(CN1CC(C)OC(C)C1)[B-](F)(F)F.[K+]. The third-order valence-corrected chi connectivity index (χ3v) is 2.38. The predicted octanol–water partition coefficient (Wildman–Crippen LogP) is -0.958. The van der Waals surface area contributed by atoms with Crippen LogP contribution in [0.3, 0.4) is 0 Å². The Morgan fingerprint density at radius 1 is 1.31 bits per heavy atom. The Morgan fingerprint density at radius 3 is 2.12 bits per heavy atom. The minimum atomic E-state index is -4.91. The molecule has 16 heavy (non-hydrogen) atoms. The first-order chi connectivity index (χ1) is 6.79. The number of hydrogen-bond donors (Lipinski definition) is 0. The van der Waals surface area contributed by atoms with E-state index in [-0.39, 0.29) is 70.1 Å². The van der Waals surface area contributed by atoms with Gasteiger partial charge in [0.1, 0.15) is 0 Å². The Hall–Kier alpha value is 1.15. The number of rotatable bonds is 3. The van der Waals surface area contributed by atoms with Gasteiger partial charge in [-0.05, 0) is 20.4 Å². The first-order valence-corrected chi connectivity index (χ1v) is 5.04. The van der Waals surface area contributed by atoms with Gasteiger partial charge in [-0.3, -0.25) is 4.90 Å². The maximum atomic E-state index is 12.3. The molecule has 0 aromatic heterocycles. The molecule has 0 aromatic rings. The smallest absolute Gasteiger partial charge is 0.445 e. The molecule has 1 saturated heterocycles. The molecule has 2 atom stereocenters. The van der Waals surface area contributed by atoms with Gasteiger partial charge in [-0.25, -0.2) is 0 Å². The van der Waals surface area contributed by atoms with Crippen molar-refractivity contribution in [1.82, 2.24) is 4.90 Å². The summed E-state index contributed by atoms with van der Waals surface area (Å²) in [5.74, 6) is 0. The van der Waals surface area contributed by atoms with Crippen molar-refractivity contribution in [3.05, 3.63) is 12.1 Å². The van der Waals surface area contributed by atoms with Crippen molar-refractivity contribution in [3.8, 4) is 0 Å². The van der Waals surface area contributed by atoms with Crippen LogP contribution < -0.4 is 51.4 Å². The summed E-state index contributed by atoms with van der Waals surface area (Å²) >= 11 is 0. The summed E-state index contributed by atoms with van der Waals surface area (Å²) in [7, 11) is 0. The molecule has 0 aromatic carbocycles. The van der Waals surface area contributed by atoms with Crippen LogP contribution in [0.5, 0.6) is 0 Å². The van der Waals surface area contributed by atoms with Gasteiger partial charge >= 0.3 is 58.4 Å². The van der Waals surface area contributed by atoms with E-state index in [0.717, 1.165) is 0 Å². The third-order valence-electron chi connectivity index (χ3n) is 2.38. The van der Waals surface area contributed by atoms with Crippen LogP contribution in [0.2, 0.25) is 0 Å². The van der Waals surface area contributed by atoms with E-state index in [0.29, 0.717) is 13.1 Å². The number of ether oxygens (including phenoxy) is 1. The second kappa shape index (κ2) is 6.92. The fraction of sp³-hybridized carbons (Fsp3) is 0.778. The van der Waals surface area contributed by atoms with Crippen LogP contribution in [0.1, 0.15) is 13.8 Å². The van der Waals surface area contributed by atoms with E-state index in [1.165, 1.54) is 0 Å². The van der Waals surface area contributed by atoms with Crippen LogP contribution >= 0.6 is 0 Å². The first kappa shape index (κ1) is 17.2. The summed E-state index contributed by atoms with van der Waals surface area (Å²) in [4.78, 5) is 1.75. The van der Waals surface area contributed by atoms with E-state index in [9.17, 15) is 12.9 Å². The quantitative estimate of drug-likeness (QED) is 0.607. The fourth-order valence-corrected chi connectivity index (χ4v) is 1.80. The van der Waals surface area contributed by atoms with Crippen LogP contribution in [0.4, 0.5) is 12.9 Å². The van der Waals surface area contributed by atoms with Crippen molar-refractivity contribution in [3.63, 3.8) is 0 Å². The number of nitrogens with zero attached hydrogens (tertiary/aromatic N) is 1. The first-order valence-electron chi connectivity index (χ1n) is 5.04. The summed E-state index contributed by atoms with van der Waals surface area (Å²) in [6, 6.07) is 0. The molecule has 1 fully saturated rings. The topological polar surface area (TPSA) is 12.5 Å². The minimum absolute atomic E-state index is 0. The fourth-order valence-electron chi connectivity index (χ4n) is 1.80. The molecular formula is C9H16BF3KNO. The average molecular weight is 261 g/mol. The van der Waals surface area contributed by atoms with Crippen molar-refractivity contribution in [2.45, 2.75) is 26.1 Å². The molecule has 0 spiro atoms. The second-order valence-corrected chi connectivity index (χ2v) is 4.18. The number of hydrogen-bond acceptors (Lipinski definition) is 2. The van der Waals surface area contributed by atoms with Gasteiger partial charge in [0.15, 0.2) is 0 Å². The van der Waals surface area contributed by atoms with Crippen molar-refractivity contribution in [1.29, 1.82) is 0 Å².